The zero-order valence-corrected chi connectivity index (χ0v) is 13.6. The molecule has 1 aliphatic carbocycles. The largest absolute Gasteiger partial charge is 0.481 e. The average Bonchev–Trinajstić information content (AvgIpc) is 3.05. The van der Waals surface area contributed by atoms with Gasteiger partial charge in [-0.15, -0.1) is 0 Å². The predicted molar refractivity (Wildman–Crippen MR) is 82.1 cm³/mol. The van der Waals surface area contributed by atoms with E-state index < -0.39 is 21.4 Å². The van der Waals surface area contributed by atoms with Crippen LogP contribution in [0.15, 0.2) is 23.1 Å². The number of carbonyl (C=O) groups is 1. The number of aliphatic carboxylic acids is 1. The van der Waals surface area contributed by atoms with E-state index in [9.17, 15) is 18.3 Å². The summed E-state index contributed by atoms with van der Waals surface area (Å²) in [5.41, 5.74) is 0.0968. The minimum Gasteiger partial charge on any atom is -0.481 e. The van der Waals surface area contributed by atoms with Crippen molar-refractivity contribution in [1.82, 2.24) is 4.31 Å². The second kappa shape index (κ2) is 5.32. The summed E-state index contributed by atoms with van der Waals surface area (Å²) in [7, 11) is -3.74. The molecule has 1 aliphatic heterocycles. The lowest BCUT2D eigenvalue weighted by molar-refractivity contribution is -0.149. The molecule has 1 heterocycles. The van der Waals surface area contributed by atoms with Gasteiger partial charge >= 0.3 is 5.97 Å². The number of hydrogen-bond acceptors (Lipinski definition) is 4. The fraction of sp³-hybridized carbons (Fsp3) is 0.500. The maximum Gasteiger partial charge on any atom is 0.311 e. The van der Waals surface area contributed by atoms with Crippen LogP contribution in [0, 0.1) is 29.6 Å². The van der Waals surface area contributed by atoms with Crippen LogP contribution in [0.5, 0.6) is 0 Å². The van der Waals surface area contributed by atoms with E-state index in [0.29, 0.717) is 17.5 Å². The molecule has 1 N–H and O–H groups in total. The van der Waals surface area contributed by atoms with Crippen LogP contribution in [-0.4, -0.2) is 36.9 Å². The lowest BCUT2D eigenvalue weighted by atomic mass is 9.81. The third-order valence-electron chi connectivity index (χ3n) is 5.22. The molecule has 0 unspecified atom stereocenters. The number of sulfonamides is 1. The number of fused-ring (bicyclic) bond motifs is 1. The molecule has 0 spiro atoms. The van der Waals surface area contributed by atoms with Gasteiger partial charge < -0.3 is 5.11 Å². The van der Waals surface area contributed by atoms with Crippen LogP contribution in [0.2, 0.25) is 0 Å². The van der Waals surface area contributed by atoms with E-state index in [1.165, 1.54) is 22.5 Å². The zero-order chi connectivity index (χ0) is 16.8. The van der Waals surface area contributed by atoms with Gasteiger partial charge in [-0.05, 0) is 49.4 Å². The molecule has 1 aromatic rings. The minimum atomic E-state index is -3.74. The maximum atomic E-state index is 12.8. The average molecular weight is 334 g/mol. The quantitative estimate of drug-likeness (QED) is 0.908. The summed E-state index contributed by atoms with van der Waals surface area (Å²) in [6.07, 6.45) is 2.12. The van der Waals surface area contributed by atoms with Gasteiger partial charge in [-0.25, -0.2) is 8.42 Å². The second-order valence-electron chi connectivity index (χ2n) is 6.44. The van der Waals surface area contributed by atoms with Gasteiger partial charge in [0, 0.05) is 13.1 Å². The van der Waals surface area contributed by atoms with E-state index in [4.69, 9.17) is 5.26 Å². The monoisotopic (exact) mass is 334 g/mol. The Morgan fingerprint density at radius 1 is 1.48 bits per heavy atom. The lowest BCUT2D eigenvalue weighted by Crippen LogP contribution is -2.37. The van der Waals surface area contributed by atoms with E-state index in [0.717, 1.165) is 12.8 Å². The highest BCUT2D eigenvalue weighted by Gasteiger charge is 2.57. The van der Waals surface area contributed by atoms with Crippen molar-refractivity contribution in [3.63, 3.8) is 0 Å². The standard InChI is InChI=1S/C16H18N2O4S/c1-11-7-14(5-4-12(11)8-17)23(21,22)18-9-13-3-2-6-16(13,10-18)15(19)20/h4-5,7,13H,2-3,6,9-10H2,1H3,(H,19,20)/t13-,16+/m0/s1. The van der Waals surface area contributed by atoms with Gasteiger partial charge in [0.2, 0.25) is 10.0 Å². The predicted octanol–water partition coefficient (Wildman–Crippen LogP) is 1.74. The normalized spacial score (nSPS) is 27.6. The molecule has 23 heavy (non-hydrogen) atoms. The first-order valence-corrected chi connectivity index (χ1v) is 8.99. The highest BCUT2D eigenvalue weighted by atomic mass is 32.2. The third kappa shape index (κ3) is 2.33. The van der Waals surface area contributed by atoms with Gasteiger partial charge in [0.05, 0.1) is 21.9 Å². The molecule has 2 aliphatic rings. The second-order valence-corrected chi connectivity index (χ2v) is 8.37. The van der Waals surface area contributed by atoms with E-state index in [1.54, 1.807) is 6.92 Å². The summed E-state index contributed by atoms with van der Waals surface area (Å²) in [4.78, 5) is 11.8. The first kappa shape index (κ1) is 16.0. The summed E-state index contributed by atoms with van der Waals surface area (Å²) in [5, 5.41) is 18.5. The van der Waals surface area contributed by atoms with E-state index in [2.05, 4.69) is 0 Å². The molecule has 1 saturated carbocycles. The highest BCUT2D eigenvalue weighted by Crippen LogP contribution is 2.50. The van der Waals surface area contributed by atoms with Crippen molar-refractivity contribution in [2.24, 2.45) is 11.3 Å². The van der Waals surface area contributed by atoms with Gasteiger partial charge in [0.1, 0.15) is 0 Å². The fourth-order valence-corrected chi connectivity index (χ4v) is 5.49. The Balaban J connectivity index is 1.95. The molecule has 2 atom stereocenters. The fourth-order valence-electron chi connectivity index (χ4n) is 3.85. The van der Waals surface area contributed by atoms with E-state index >= 15 is 0 Å². The lowest BCUT2D eigenvalue weighted by Gasteiger charge is -2.23. The first-order valence-electron chi connectivity index (χ1n) is 7.55. The van der Waals surface area contributed by atoms with Crippen molar-refractivity contribution in [3.8, 4) is 6.07 Å². The topological polar surface area (TPSA) is 98.5 Å². The van der Waals surface area contributed by atoms with E-state index in [-0.39, 0.29) is 23.9 Å². The number of nitriles is 1. The van der Waals surface area contributed by atoms with Gasteiger partial charge in [0.25, 0.3) is 0 Å². The molecule has 7 heteroatoms. The van der Waals surface area contributed by atoms with Crippen LogP contribution >= 0.6 is 0 Å². The molecular weight excluding hydrogens is 316 g/mol. The molecule has 3 rings (SSSR count). The van der Waals surface area contributed by atoms with E-state index in [1.807, 2.05) is 6.07 Å². The molecule has 2 fully saturated rings. The first-order chi connectivity index (χ1) is 10.8. The van der Waals surface area contributed by atoms with Crippen LogP contribution in [0.4, 0.5) is 0 Å². The van der Waals surface area contributed by atoms with Crippen molar-refractivity contribution in [2.75, 3.05) is 13.1 Å². The number of benzene rings is 1. The van der Waals surface area contributed by atoms with Crippen LogP contribution in [0.25, 0.3) is 0 Å². The summed E-state index contributed by atoms with van der Waals surface area (Å²) in [6.45, 7) is 1.98. The summed E-state index contributed by atoms with van der Waals surface area (Å²) in [6, 6.07) is 6.40. The van der Waals surface area contributed by atoms with Crippen LogP contribution < -0.4 is 0 Å². The number of carboxylic acid groups (broad SMARTS) is 1. The Kier molecular flexibility index (Phi) is 3.69. The molecule has 0 radical (unpaired) electrons. The SMILES string of the molecule is Cc1cc(S(=O)(=O)N2C[C@@H]3CCC[C@@]3(C(=O)O)C2)ccc1C#N. The molecule has 0 amide bonds. The molecule has 1 saturated heterocycles. The van der Waals surface area contributed by atoms with Crippen molar-refractivity contribution in [1.29, 1.82) is 5.26 Å². The number of aryl methyl sites for hydroxylation is 1. The van der Waals surface area contributed by atoms with Crippen LogP contribution in [-0.2, 0) is 14.8 Å². The van der Waals surface area contributed by atoms with Gasteiger partial charge in [-0.1, -0.05) is 6.42 Å². The van der Waals surface area contributed by atoms with Crippen molar-refractivity contribution >= 4 is 16.0 Å². The molecule has 0 bridgehead atoms. The Morgan fingerprint density at radius 2 is 2.22 bits per heavy atom. The number of carboxylic acids is 1. The molecule has 6 nitrogen and oxygen atoms in total. The molecule has 1 aromatic carbocycles. The van der Waals surface area contributed by atoms with Crippen molar-refractivity contribution in [2.45, 2.75) is 31.1 Å². The Bertz CT molecular complexity index is 812. The van der Waals surface area contributed by atoms with Gasteiger partial charge in [-0.2, -0.15) is 9.57 Å². The molecule has 122 valence electrons. The maximum absolute atomic E-state index is 12.8. The minimum absolute atomic E-state index is 0.0361. The number of rotatable bonds is 3. The summed E-state index contributed by atoms with van der Waals surface area (Å²) >= 11 is 0. The number of nitrogens with zero attached hydrogens (tertiary/aromatic N) is 2. The Morgan fingerprint density at radius 3 is 2.78 bits per heavy atom. The molecule has 0 aromatic heterocycles. The van der Waals surface area contributed by atoms with Crippen LogP contribution in [0.1, 0.15) is 30.4 Å². The van der Waals surface area contributed by atoms with Crippen molar-refractivity contribution in [3.05, 3.63) is 29.3 Å². The summed E-state index contributed by atoms with van der Waals surface area (Å²) in [5.74, 6) is -1.01. The number of hydrogen-bond donors (Lipinski definition) is 1. The molecular formula is C16H18N2O4S. The van der Waals surface area contributed by atoms with Crippen molar-refractivity contribution < 1.29 is 18.3 Å². The van der Waals surface area contributed by atoms with Gasteiger partial charge in [0.15, 0.2) is 0 Å². The zero-order valence-electron chi connectivity index (χ0n) is 12.8. The van der Waals surface area contributed by atoms with Gasteiger partial charge in [-0.3, -0.25) is 4.79 Å². The van der Waals surface area contributed by atoms with Crippen LogP contribution in [0.3, 0.4) is 0 Å². The smallest absolute Gasteiger partial charge is 0.311 e. The highest BCUT2D eigenvalue weighted by molar-refractivity contribution is 7.89. The Hall–Kier alpha value is -1.91. The third-order valence-corrected chi connectivity index (χ3v) is 7.03. The Labute approximate surface area is 135 Å². The summed E-state index contributed by atoms with van der Waals surface area (Å²) < 4.78 is 27.0.